The lowest BCUT2D eigenvalue weighted by Crippen LogP contribution is -2.10. The molecule has 1 unspecified atom stereocenters. The Morgan fingerprint density at radius 2 is 2.25 bits per heavy atom. The van der Waals surface area contributed by atoms with Gasteiger partial charge in [0.2, 0.25) is 5.89 Å². The zero-order valence-corrected chi connectivity index (χ0v) is 9.98. The maximum Gasteiger partial charge on any atom is 0.229 e. The van der Waals surface area contributed by atoms with E-state index in [1.165, 1.54) is 0 Å². The van der Waals surface area contributed by atoms with E-state index in [-0.39, 0.29) is 6.10 Å². The van der Waals surface area contributed by atoms with Crippen LogP contribution in [0.5, 0.6) is 0 Å². The lowest BCUT2D eigenvalue weighted by atomic mass is 10.1. The Morgan fingerprint density at radius 3 is 2.94 bits per heavy atom. The Kier molecular flexibility index (Phi) is 6.03. The summed E-state index contributed by atoms with van der Waals surface area (Å²) < 4.78 is 10.2. The molecule has 0 radical (unpaired) electrons. The van der Waals surface area contributed by atoms with Crippen LogP contribution in [0.2, 0.25) is 0 Å². The second-order valence-electron chi connectivity index (χ2n) is 3.70. The number of aliphatic hydroxyl groups excluding tert-OH is 1. The lowest BCUT2D eigenvalue weighted by molar-refractivity contribution is 0.148. The van der Waals surface area contributed by atoms with Gasteiger partial charge in [-0.15, -0.1) is 0 Å². The molecule has 1 aromatic heterocycles. The fourth-order valence-electron chi connectivity index (χ4n) is 1.42. The second kappa shape index (κ2) is 7.35. The predicted octanol–water partition coefficient (Wildman–Crippen LogP) is 1.35. The van der Waals surface area contributed by atoms with Gasteiger partial charge in [-0.1, -0.05) is 18.5 Å². The highest BCUT2D eigenvalue weighted by Crippen LogP contribution is 2.06. The molecular formula is C11H20N2O3. The highest BCUT2D eigenvalue weighted by molar-refractivity contribution is 4.88. The zero-order valence-electron chi connectivity index (χ0n) is 9.98. The van der Waals surface area contributed by atoms with Crippen molar-refractivity contribution in [1.29, 1.82) is 0 Å². The molecule has 0 aromatic carbocycles. The largest absolute Gasteiger partial charge is 0.393 e. The second-order valence-corrected chi connectivity index (χ2v) is 3.70. The summed E-state index contributed by atoms with van der Waals surface area (Å²) >= 11 is 0. The summed E-state index contributed by atoms with van der Waals surface area (Å²) in [6.45, 7) is 5.28. The van der Waals surface area contributed by atoms with Crippen LogP contribution < -0.4 is 0 Å². The van der Waals surface area contributed by atoms with Gasteiger partial charge in [0.25, 0.3) is 0 Å². The molecule has 0 amide bonds. The summed E-state index contributed by atoms with van der Waals surface area (Å²) in [6, 6.07) is 0. The highest BCUT2D eigenvalue weighted by Gasteiger charge is 2.11. The van der Waals surface area contributed by atoms with Gasteiger partial charge >= 0.3 is 0 Å². The van der Waals surface area contributed by atoms with Crippen LogP contribution in [0.25, 0.3) is 0 Å². The van der Waals surface area contributed by atoms with Crippen molar-refractivity contribution in [2.75, 3.05) is 13.2 Å². The summed E-state index contributed by atoms with van der Waals surface area (Å²) in [6.07, 6.45) is 2.42. The van der Waals surface area contributed by atoms with Gasteiger partial charge in [-0.2, -0.15) is 4.98 Å². The van der Waals surface area contributed by atoms with Gasteiger partial charge in [-0.3, -0.25) is 0 Å². The van der Waals surface area contributed by atoms with Crippen molar-refractivity contribution in [3.8, 4) is 0 Å². The molecule has 16 heavy (non-hydrogen) atoms. The number of ether oxygens (including phenoxy) is 1. The monoisotopic (exact) mass is 228 g/mol. The van der Waals surface area contributed by atoms with Crippen LogP contribution in [0.15, 0.2) is 4.52 Å². The minimum absolute atomic E-state index is 0.384. The summed E-state index contributed by atoms with van der Waals surface area (Å²) in [4.78, 5) is 4.19. The first-order chi connectivity index (χ1) is 7.76. The van der Waals surface area contributed by atoms with E-state index < -0.39 is 0 Å². The molecule has 0 spiro atoms. The van der Waals surface area contributed by atoms with Gasteiger partial charge in [-0.25, -0.2) is 0 Å². The van der Waals surface area contributed by atoms with Gasteiger partial charge in [0, 0.05) is 13.0 Å². The van der Waals surface area contributed by atoms with Crippen molar-refractivity contribution in [3.05, 3.63) is 11.7 Å². The molecule has 0 aliphatic heterocycles. The molecule has 0 saturated heterocycles. The minimum atomic E-state index is -0.384. The van der Waals surface area contributed by atoms with Crippen molar-refractivity contribution in [1.82, 2.24) is 10.1 Å². The first-order valence-corrected chi connectivity index (χ1v) is 5.83. The standard InChI is InChI=1S/C11H20N2O3/c1-3-5-9(14)8-11-12-10(13-16-11)6-7-15-4-2/h9,14H,3-8H2,1-2H3. The fraction of sp³-hybridized carbons (Fsp3) is 0.818. The summed E-state index contributed by atoms with van der Waals surface area (Å²) in [5.41, 5.74) is 0. The summed E-state index contributed by atoms with van der Waals surface area (Å²) in [5, 5.41) is 13.4. The third-order valence-corrected chi connectivity index (χ3v) is 2.22. The van der Waals surface area contributed by atoms with Crippen molar-refractivity contribution in [2.45, 2.75) is 45.6 Å². The first kappa shape index (κ1) is 13.1. The molecule has 1 rings (SSSR count). The number of aromatic nitrogens is 2. The number of rotatable bonds is 8. The Morgan fingerprint density at radius 1 is 1.44 bits per heavy atom. The van der Waals surface area contributed by atoms with E-state index in [0.717, 1.165) is 12.8 Å². The third-order valence-electron chi connectivity index (χ3n) is 2.22. The van der Waals surface area contributed by atoms with Crippen LogP contribution in [-0.4, -0.2) is 34.6 Å². The smallest absolute Gasteiger partial charge is 0.229 e. The van der Waals surface area contributed by atoms with E-state index >= 15 is 0 Å². The zero-order chi connectivity index (χ0) is 11.8. The van der Waals surface area contributed by atoms with Crippen LogP contribution in [-0.2, 0) is 17.6 Å². The molecule has 5 nitrogen and oxygen atoms in total. The topological polar surface area (TPSA) is 68.4 Å². The van der Waals surface area contributed by atoms with Crippen LogP contribution in [0.1, 0.15) is 38.4 Å². The first-order valence-electron chi connectivity index (χ1n) is 5.83. The Hall–Kier alpha value is -0.940. The molecule has 1 aromatic rings. The molecule has 0 aliphatic carbocycles. The summed E-state index contributed by atoms with van der Waals surface area (Å²) in [5.74, 6) is 1.15. The molecule has 0 fully saturated rings. The van der Waals surface area contributed by atoms with Gasteiger partial charge < -0.3 is 14.4 Å². The fourth-order valence-corrected chi connectivity index (χ4v) is 1.42. The molecule has 0 saturated carbocycles. The predicted molar refractivity (Wildman–Crippen MR) is 59.1 cm³/mol. The van der Waals surface area contributed by atoms with Crippen molar-refractivity contribution < 1.29 is 14.4 Å². The minimum Gasteiger partial charge on any atom is -0.393 e. The van der Waals surface area contributed by atoms with Gasteiger partial charge in [0.05, 0.1) is 19.1 Å². The number of hydrogen-bond donors (Lipinski definition) is 1. The van der Waals surface area contributed by atoms with Crippen LogP contribution in [0, 0.1) is 0 Å². The van der Waals surface area contributed by atoms with Crippen molar-refractivity contribution in [3.63, 3.8) is 0 Å². The number of nitrogens with zero attached hydrogens (tertiary/aromatic N) is 2. The van der Waals surface area contributed by atoms with Gasteiger partial charge in [-0.05, 0) is 13.3 Å². The average molecular weight is 228 g/mol. The third kappa shape index (κ3) is 4.72. The molecular weight excluding hydrogens is 208 g/mol. The van der Waals surface area contributed by atoms with E-state index in [0.29, 0.717) is 37.8 Å². The summed E-state index contributed by atoms with van der Waals surface area (Å²) in [7, 11) is 0. The molecule has 0 aliphatic rings. The van der Waals surface area contributed by atoms with Crippen LogP contribution in [0.4, 0.5) is 0 Å². The normalized spacial score (nSPS) is 12.9. The molecule has 1 atom stereocenters. The van der Waals surface area contributed by atoms with Crippen molar-refractivity contribution in [2.24, 2.45) is 0 Å². The maximum atomic E-state index is 9.57. The molecule has 92 valence electrons. The SMILES string of the molecule is CCCC(O)Cc1nc(CCOCC)no1. The Balaban J connectivity index is 2.33. The van der Waals surface area contributed by atoms with E-state index in [1.54, 1.807) is 0 Å². The highest BCUT2D eigenvalue weighted by atomic mass is 16.5. The van der Waals surface area contributed by atoms with Gasteiger partial charge in [0.1, 0.15) is 0 Å². The Labute approximate surface area is 95.8 Å². The van der Waals surface area contributed by atoms with Crippen LogP contribution in [0.3, 0.4) is 0 Å². The molecule has 1 heterocycles. The molecule has 0 bridgehead atoms. The lowest BCUT2D eigenvalue weighted by Gasteiger charge is -2.03. The Bertz CT molecular complexity index is 289. The number of aliphatic hydroxyl groups is 1. The van der Waals surface area contributed by atoms with E-state index in [2.05, 4.69) is 10.1 Å². The van der Waals surface area contributed by atoms with E-state index in [4.69, 9.17) is 9.26 Å². The van der Waals surface area contributed by atoms with Gasteiger partial charge in [0.15, 0.2) is 5.82 Å². The van der Waals surface area contributed by atoms with Crippen molar-refractivity contribution >= 4 is 0 Å². The molecule has 1 N–H and O–H groups in total. The van der Waals surface area contributed by atoms with E-state index in [1.807, 2.05) is 13.8 Å². The number of hydrogen-bond acceptors (Lipinski definition) is 5. The average Bonchev–Trinajstić information content (AvgIpc) is 2.66. The van der Waals surface area contributed by atoms with Crippen LogP contribution >= 0.6 is 0 Å². The quantitative estimate of drug-likeness (QED) is 0.680. The van der Waals surface area contributed by atoms with E-state index in [9.17, 15) is 5.11 Å². The molecule has 5 heteroatoms. The maximum absolute atomic E-state index is 9.57.